The fourth-order valence-electron chi connectivity index (χ4n) is 3.69. The maximum Gasteiger partial charge on any atom is 0.0435 e. The molecule has 0 fully saturated rings. The molecule has 0 aromatic heterocycles. The number of hydrogen-bond acceptors (Lipinski definition) is 0. The molecule has 3 aromatic carbocycles. The van der Waals surface area contributed by atoms with E-state index in [4.69, 9.17) is 0 Å². The summed E-state index contributed by atoms with van der Waals surface area (Å²) in [5.41, 5.74) is 8.22. The summed E-state index contributed by atoms with van der Waals surface area (Å²) in [5, 5.41) is 0. The Balaban J connectivity index is 0.000000960. The standard InChI is InChI=1S/C21H18.2CH4/c1-15-12-13-18-17-10-6-7-11-19(17)21(2,20(18)14-15)16-8-4-3-5-9-16;;/h3-14H,1-2H3;2*1H4. The molecule has 0 heteroatoms. The summed E-state index contributed by atoms with van der Waals surface area (Å²) in [6, 6.07) is 26.5. The molecule has 0 radical (unpaired) electrons. The molecule has 0 saturated carbocycles. The van der Waals surface area contributed by atoms with Crippen molar-refractivity contribution in [3.8, 4) is 11.1 Å². The Bertz CT molecular complexity index is 814. The predicted molar refractivity (Wildman–Crippen MR) is 102 cm³/mol. The van der Waals surface area contributed by atoms with Crippen LogP contribution in [0.4, 0.5) is 0 Å². The molecule has 4 rings (SSSR count). The Morgan fingerprint density at radius 2 is 1.26 bits per heavy atom. The number of rotatable bonds is 1. The van der Waals surface area contributed by atoms with Crippen LogP contribution in [-0.4, -0.2) is 0 Å². The molecule has 1 atom stereocenters. The highest BCUT2D eigenvalue weighted by molar-refractivity contribution is 5.83. The molecule has 1 aliphatic rings. The van der Waals surface area contributed by atoms with E-state index in [1.54, 1.807) is 0 Å². The smallest absolute Gasteiger partial charge is 0.0435 e. The summed E-state index contributed by atoms with van der Waals surface area (Å²) in [6.45, 7) is 4.53. The Kier molecular flexibility index (Phi) is 4.47. The summed E-state index contributed by atoms with van der Waals surface area (Å²) >= 11 is 0. The van der Waals surface area contributed by atoms with Crippen LogP contribution in [0.3, 0.4) is 0 Å². The van der Waals surface area contributed by atoms with Crippen LogP contribution in [-0.2, 0) is 5.41 Å². The molecular weight excluding hydrogens is 276 g/mol. The van der Waals surface area contributed by atoms with Gasteiger partial charge < -0.3 is 0 Å². The predicted octanol–water partition coefficient (Wildman–Crippen LogP) is 6.60. The van der Waals surface area contributed by atoms with E-state index >= 15 is 0 Å². The lowest BCUT2D eigenvalue weighted by atomic mass is 9.74. The lowest BCUT2D eigenvalue weighted by Crippen LogP contribution is -2.22. The summed E-state index contributed by atoms with van der Waals surface area (Å²) in [4.78, 5) is 0. The maximum absolute atomic E-state index is 2.35. The third-order valence-corrected chi connectivity index (χ3v) is 4.82. The van der Waals surface area contributed by atoms with E-state index in [9.17, 15) is 0 Å². The Morgan fingerprint density at radius 1 is 0.652 bits per heavy atom. The average Bonchev–Trinajstić information content (AvgIpc) is 2.79. The number of fused-ring (bicyclic) bond motifs is 3. The zero-order valence-corrected chi connectivity index (χ0v) is 12.4. The lowest BCUT2D eigenvalue weighted by Gasteiger charge is -2.28. The van der Waals surface area contributed by atoms with Crippen LogP contribution in [0.2, 0.25) is 0 Å². The van der Waals surface area contributed by atoms with Crippen LogP contribution in [0.1, 0.15) is 44.0 Å². The number of aryl methyl sites for hydroxylation is 1. The van der Waals surface area contributed by atoms with Gasteiger partial charge in [0, 0.05) is 5.41 Å². The largest absolute Gasteiger partial charge is 0.0776 e. The van der Waals surface area contributed by atoms with Gasteiger partial charge >= 0.3 is 0 Å². The Hall–Kier alpha value is -2.34. The van der Waals surface area contributed by atoms with Crippen molar-refractivity contribution in [2.24, 2.45) is 0 Å². The van der Waals surface area contributed by atoms with Gasteiger partial charge in [-0.2, -0.15) is 0 Å². The molecule has 0 aliphatic heterocycles. The first-order chi connectivity index (χ1) is 10.2. The first-order valence-corrected chi connectivity index (χ1v) is 7.48. The van der Waals surface area contributed by atoms with Gasteiger partial charge in [-0.3, -0.25) is 0 Å². The summed E-state index contributed by atoms with van der Waals surface area (Å²) in [6.07, 6.45) is 0. The highest BCUT2D eigenvalue weighted by atomic mass is 14.4. The highest BCUT2D eigenvalue weighted by Crippen LogP contribution is 2.52. The second-order valence-electron chi connectivity index (χ2n) is 6.09. The monoisotopic (exact) mass is 302 g/mol. The quantitative estimate of drug-likeness (QED) is 0.475. The zero-order chi connectivity index (χ0) is 14.4. The molecule has 0 nitrogen and oxygen atoms in total. The highest BCUT2D eigenvalue weighted by Gasteiger charge is 2.40. The van der Waals surface area contributed by atoms with E-state index in [1.165, 1.54) is 33.4 Å². The third kappa shape index (κ3) is 2.30. The first kappa shape index (κ1) is 17.0. The second-order valence-corrected chi connectivity index (χ2v) is 6.09. The average molecular weight is 302 g/mol. The summed E-state index contributed by atoms with van der Waals surface area (Å²) < 4.78 is 0. The van der Waals surface area contributed by atoms with Gasteiger partial charge in [-0.15, -0.1) is 0 Å². The minimum absolute atomic E-state index is 0. The minimum atomic E-state index is -0.0563. The molecule has 0 N–H and O–H groups in total. The molecule has 1 aliphatic carbocycles. The third-order valence-electron chi connectivity index (χ3n) is 4.82. The van der Waals surface area contributed by atoms with Crippen molar-refractivity contribution in [1.82, 2.24) is 0 Å². The molecule has 0 heterocycles. The van der Waals surface area contributed by atoms with E-state index in [2.05, 4.69) is 86.6 Å². The van der Waals surface area contributed by atoms with E-state index in [0.29, 0.717) is 0 Å². The SMILES string of the molecule is C.C.Cc1ccc2c(c1)C(C)(c1ccccc1)c1ccccc1-2. The molecule has 3 aromatic rings. The topological polar surface area (TPSA) is 0 Å². The molecule has 0 saturated heterocycles. The van der Waals surface area contributed by atoms with Crippen LogP contribution in [0, 0.1) is 6.92 Å². The zero-order valence-electron chi connectivity index (χ0n) is 12.4. The Morgan fingerprint density at radius 3 is 2.00 bits per heavy atom. The van der Waals surface area contributed by atoms with Gasteiger partial charge in [0.15, 0.2) is 0 Å². The Labute approximate surface area is 140 Å². The fourth-order valence-corrected chi connectivity index (χ4v) is 3.69. The maximum atomic E-state index is 2.35. The molecular formula is C23H26. The lowest BCUT2D eigenvalue weighted by molar-refractivity contribution is 0.713. The van der Waals surface area contributed by atoms with Gasteiger partial charge in [0.2, 0.25) is 0 Å². The molecule has 1 unspecified atom stereocenters. The van der Waals surface area contributed by atoms with E-state index < -0.39 is 0 Å². The fraction of sp³-hybridized carbons (Fsp3) is 0.217. The van der Waals surface area contributed by atoms with Crippen molar-refractivity contribution in [1.29, 1.82) is 0 Å². The van der Waals surface area contributed by atoms with Crippen LogP contribution in [0.15, 0.2) is 72.8 Å². The van der Waals surface area contributed by atoms with Crippen LogP contribution in [0.25, 0.3) is 11.1 Å². The van der Waals surface area contributed by atoms with Gasteiger partial charge in [-0.25, -0.2) is 0 Å². The normalized spacial score (nSPS) is 17.5. The number of hydrogen-bond donors (Lipinski definition) is 0. The molecule has 0 amide bonds. The minimum Gasteiger partial charge on any atom is -0.0776 e. The van der Waals surface area contributed by atoms with Gasteiger partial charge in [-0.05, 0) is 41.7 Å². The number of benzene rings is 3. The van der Waals surface area contributed by atoms with Crippen molar-refractivity contribution in [3.05, 3.63) is 95.1 Å². The van der Waals surface area contributed by atoms with Crippen LogP contribution in [0.5, 0.6) is 0 Å². The van der Waals surface area contributed by atoms with Crippen molar-refractivity contribution in [3.63, 3.8) is 0 Å². The van der Waals surface area contributed by atoms with Crippen molar-refractivity contribution in [2.45, 2.75) is 34.1 Å². The van der Waals surface area contributed by atoms with Gasteiger partial charge in [-0.1, -0.05) is 93.2 Å². The molecule has 23 heavy (non-hydrogen) atoms. The molecule has 118 valence electrons. The van der Waals surface area contributed by atoms with Crippen molar-refractivity contribution >= 4 is 0 Å². The van der Waals surface area contributed by atoms with Gasteiger partial charge in [0.1, 0.15) is 0 Å². The van der Waals surface area contributed by atoms with E-state index in [1.807, 2.05) is 0 Å². The van der Waals surface area contributed by atoms with Gasteiger partial charge in [0.25, 0.3) is 0 Å². The summed E-state index contributed by atoms with van der Waals surface area (Å²) in [7, 11) is 0. The van der Waals surface area contributed by atoms with Gasteiger partial charge in [0.05, 0.1) is 0 Å². The summed E-state index contributed by atoms with van der Waals surface area (Å²) in [5.74, 6) is 0. The van der Waals surface area contributed by atoms with E-state index in [0.717, 1.165) is 0 Å². The molecule has 0 bridgehead atoms. The molecule has 0 spiro atoms. The van der Waals surface area contributed by atoms with Crippen LogP contribution >= 0.6 is 0 Å². The first-order valence-electron chi connectivity index (χ1n) is 7.48. The van der Waals surface area contributed by atoms with Crippen LogP contribution < -0.4 is 0 Å². The van der Waals surface area contributed by atoms with Crippen molar-refractivity contribution < 1.29 is 0 Å². The van der Waals surface area contributed by atoms with E-state index in [-0.39, 0.29) is 20.3 Å². The van der Waals surface area contributed by atoms with Crippen molar-refractivity contribution in [2.75, 3.05) is 0 Å². The second kappa shape index (κ2) is 6.04.